The zero-order valence-electron chi connectivity index (χ0n) is 20.3. The minimum Gasteiger partial charge on any atom is -0.494 e. The monoisotopic (exact) mass is 450 g/mol. The molecule has 33 heavy (non-hydrogen) atoms. The minimum atomic E-state index is -0.515. The molecule has 0 radical (unpaired) electrons. The third-order valence-electron chi connectivity index (χ3n) is 6.42. The van der Waals surface area contributed by atoms with Crippen molar-refractivity contribution in [1.29, 1.82) is 0 Å². The van der Waals surface area contributed by atoms with Gasteiger partial charge in [0, 0.05) is 19.0 Å². The van der Waals surface area contributed by atoms with Crippen LogP contribution in [0.1, 0.15) is 68.6 Å². The van der Waals surface area contributed by atoms with Crippen molar-refractivity contribution < 1.29 is 14.3 Å². The van der Waals surface area contributed by atoms with Gasteiger partial charge >= 0.3 is 0 Å². The molecule has 178 valence electrons. The lowest BCUT2D eigenvalue weighted by atomic mass is 9.95. The van der Waals surface area contributed by atoms with Crippen LogP contribution in [0.15, 0.2) is 48.5 Å². The second-order valence-electron chi connectivity index (χ2n) is 9.29. The molecule has 1 unspecified atom stereocenters. The van der Waals surface area contributed by atoms with Gasteiger partial charge in [-0.05, 0) is 57.7 Å². The molecule has 1 saturated carbocycles. The molecule has 2 aromatic carbocycles. The topological polar surface area (TPSA) is 58.6 Å². The summed E-state index contributed by atoms with van der Waals surface area (Å²) >= 11 is 0. The van der Waals surface area contributed by atoms with Gasteiger partial charge in [-0.3, -0.25) is 9.59 Å². The van der Waals surface area contributed by atoms with Crippen LogP contribution in [0.3, 0.4) is 0 Å². The summed E-state index contributed by atoms with van der Waals surface area (Å²) in [6.07, 6.45) is 6.57. The molecule has 0 saturated heterocycles. The van der Waals surface area contributed by atoms with Crippen LogP contribution in [0.25, 0.3) is 0 Å². The lowest BCUT2D eigenvalue weighted by molar-refractivity contribution is -0.141. The molecule has 0 heterocycles. The average Bonchev–Trinajstić information content (AvgIpc) is 2.82. The molecule has 0 aliphatic heterocycles. The normalized spacial score (nSPS) is 15.0. The Morgan fingerprint density at radius 2 is 1.58 bits per heavy atom. The van der Waals surface area contributed by atoms with Gasteiger partial charge in [-0.1, -0.05) is 66.8 Å². The average molecular weight is 451 g/mol. The molecule has 3 rings (SSSR count). The summed E-state index contributed by atoms with van der Waals surface area (Å²) in [5.74, 6) is 0.734. The second-order valence-corrected chi connectivity index (χ2v) is 9.29. The Kier molecular flexibility index (Phi) is 9.35. The van der Waals surface area contributed by atoms with E-state index >= 15 is 0 Å². The molecule has 2 aromatic rings. The maximum absolute atomic E-state index is 13.2. The number of amides is 2. The van der Waals surface area contributed by atoms with Gasteiger partial charge in [-0.15, -0.1) is 0 Å². The highest BCUT2D eigenvalue weighted by molar-refractivity contribution is 5.87. The molecule has 1 aliphatic carbocycles. The van der Waals surface area contributed by atoms with Crippen molar-refractivity contribution in [2.24, 2.45) is 0 Å². The molecular formula is C28H38N2O3. The Bertz CT molecular complexity index is 886. The molecule has 0 bridgehead atoms. The number of nitrogens with zero attached hydrogens (tertiary/aromatic N) is 1. The molecule has 1 fully saturated rings. The van der Waals surface area contributed by atoms with Crippen LogP contribution in [-0.4, -0.2) is 35.4 Å². The van der Waals surface area contributed by atoms with Crippen LogP contribution in [0.5, 0.6) is 5.75 Å². The standard InChI is InChI=1S/C28H38N2O3/c1-21-11-15-24(16-12-21)20-30(23(3)28(32)29-25-8-5-4-6-9-25)27(31)10-7-19-33-26-17-13-22(2)14-18-26/h11-18,23,25H,4-10,19-20H2,1-3H3,(H,29,32). The van der Waals surface area contributed by atoms with Crippen molar-refractivity contribution >= 4 is 11.8 Å². The first kappa shape index (κ1) is 24.8. The predicted molar refractivity (Wildman–Crippen MR) is 132 cm³/mol. The van der Waals surface area contributed by atoms with Crippen molar-refractivity contribution in [2.75, 3.05) is 6.61 Å². The Balaban J connectivity index is 1.59. The van der Waals surface area contributed by atoms with E-state index in [-0.39, 0.29) is 17.9 Å². The molecule has 5 heteroatoms. The van der Waals surface area contributed by atoms with Gasteiger partial charge in [0.2, 0.25) is 11.8 Å². The van der Waals surface area contributed by atoms with Gasteiger partial charge in [0.15, 0.2) is 0 Å². The number of carbonyl (C=O) groups excluding carboxylic acids is 2. The van der Waals surface area contributed by atoms with Gasteiger partial charge in [-0.25, -0.2) is 0 Å². The largest absolute Gasteiger partial charge is 0.494 e. The van der Waals surface area contributed by atoms with Crippen LogP contribution < -0.4 is 10.1 Å². The van der Waals surface area contributed by atoms with E-state index < -0.39 is 6.04 Å². The van der Waals surface area contributed by atoms with Crippen LogP contribution in [-0.2, 0) is 16.1 Å². The van der Waals surface area contributed by atoms with E-state index in [4.69, 9.17) is 4.74 Å². The number of hydrogen-bond acceptors (Lipinski definition) is 3. The smallest absolute Gasteiger partial charge is 0.242 e. The summed E-state index contributed by atoms with van der Waals surface area (Å²) in [6.45, 7) is 6.82. The Morgan fingerprint density at radius 1 is 0.970 bits per heavy atom. The predicted octanol–water partition coefficient (Wildman–Crippen LogP) is 5.33. The first-order valence-electron chi connectivity index (χ1n) is 12.3. The number of ether oxygens (including phenoxy) is 1. The summed E-state index contributed by atoms with van der Waals surface area (Å²) in [7, 11) is 0. The van der Waals surface area contributed by atoms with Gasteiger partial charge in [0.1, 0.15) is 11.8 Å². The maximum Gasteiger partial charge on any atom is 0.242 e. The summed E-state index contributed by atoms with van der Waals surface area (Å²) < 4.78 is 5.78. The van der Waals surface area contributed by atoms with E-state index in [1.165, 1.54) is 17.5 Å². The van der Waals surface area contributed by atoms with Crippen molar-refractivity contribution in [3.8, 4) is 5.75 Å². The Labute approximate surface area is 198 Å². The number of nitrogens with one attached hydrogen (secondary N) is 1. The highest BCUT2D eigenvalue weighted by atomic mass is 16.5. The van der Waals surface area contributed by atoms with E-state index in [9.17, 15) is 9.59 Å². The number of aryl methyl sites for hydroxylation is 2. The summed E-state index contributed by atoms with van der Waals surface area (Å²) in [5, 5.41) is 3.18. The fourth-order valence-electron chi connectivity index (χ4n) is 4.23. The molecule has 1 aliphatic rings. The summed E-state index contributed by atoms with van der Waals surface area (Å²) in [4.78, 5) is 27.9. The molecule has 0 spiro atoms. The third kappa shape index (κ3) is 7.92. The highest BCUT2D eigenvalue weighted by Gasteiger charge is 2.27. The molecule has 1 N–H and O–H groups in total. The number of carbonyl (C=O) groups is 2. The quantitative estimate of drug-likeness (QED) is 0.498. The number of hydrogen-bond donors (Lipinski definition) is 1. The summed E-state index contributed by atoms with van der Waals surface area (Å²) in [5.41, 5.74) is 3.39. The fourth-order valence-corrected chi connectivity index (χ4v) is 4.23. The molecule has 5 nitrogen and oxygen atoms in total. The Morgan fingerprint density at radius 3 is 2.21 bits per heavy atom. The minimum absolute atomic E-state index is 0.0191. The zero-order valence-corrected chi connectivity index (χ0v) is 20.3. The fraction of sp³-hybridized carbons (Fsp3) is 0.500. The van der Waals surface area contributed by atoms with Crippen LogP contribution in [0, 0.1) is 13.8 Å². The zero-order chi connectivity index (χ0) is 23.6. The lowest BCUT2D eigenvalue weighted by Crippen LogP contribution is -2.50. The van der Waals surface area contributed by atoms with E-state index in [0.717, 1.165) is 37.0 Å². The van der Waals surface area contributed by atoms with Crippen LogP contribution in [0.2, 0.25) is 0 Å². The van der Waals surface area contributed by atoms with Gasteiger partial charge in [0.05, 0.1) is 6.61 Å². The van der Waals surface area contributed by atoms with E-state index in [0.29, 0.717) is 26.0 Å². The molecular weight excluding hydrogens is 412 g/mol. The summed E-state index contributed by atoms with van der Waals surface area (Å²) in [6, 6.07) is 15.8. The number of rotatable bonds is 10. The van der Waals surface area contributed by atoms with Crippen molar-refractivity contribution in [2.45, 2.75) is 84.3 Å². The second kappa shape index (κ2) is 12.4. The highest BCUT2D eigenvalue weighted by Crippen LogP contribution is 2.19. The molecule has 1 atom stereocenters. The van der Waals surface area contributed by atoms with E-state index in [1.54, 1.807) is 4.90 Å². The first-order valence-corrected chi connectivity index (χ1v) is 12.3. The van der Waals surface area contributed by atoms with Crippen LogP contribution >= 0.6 is 0 Å². The van der Waals surface area contributed by atoms with Gasteiger partial charge in [-0.2, -0.15) is 0 Å². The third-order valence-corrected chi connectivity index (χ3v) is 6.42. The van der Waals surface area contributed by atoms with Gasteiger partial charge < -0.3 is 15.0 Å². The van der Waals surface area contributed by atoms with Crippen molar-refractivity contribution in [1.82, 2.24) is 10.2 Å². The first-order chi connectivity index (χ1) is 15.9. The SMILES string of the molecule is Cc1ccc(CN(C(=O)CCCOc2ccc(C)cc2)C(C)C(=O)NC2CCCCC2)cc1. The van der Waals surface area contributed by atoms with E-state index in [2.05, 4.69) is 5.32 Å². The van der Waals surface area contributed by atoms with Crippen molar-refractivity contribution in [3.63, 3.8) is 0 Å². The van der Waals surface area contributed by atoms with Gasteiger partial charge in [0.25, 0.3) is 0 Å². The number of benzene rings is 2. The van der Waals surface area contributed by atoms with E-state index in [1.807, 2.05) is 69.3 Å². The van der Waals surface area contributed by atoms with Crippen molar-refractivity contribution in [3.05, 3.63) is 65.2 Å². The van der Waals surface area contributed by atoms with Crippen LogP contribution in [0.4, 0.5) is 0 Å². The molecule has 0 aromatic heterocycles. The lowest BCUT2D eigenvalue weighted by Gasteiger charge is -2.31. The molecule has 2 amide bonds. The Hall–Kier alpha value is -2.82. The maximum atomic E-state index is 13.2.